The first-order valence-electron chi connectivity index (χ1n) is 7.59. The van der Waals surface area contributed by atoms with Crippen LogP contribution in [0.15, 0.2) is 30.5 Å². The van der Waals surface area contributed by atoms with Gasteiger partial charge >= 0.3 is 0 Å². The third-order valence-electron chi connectivity index (χ3n) is 2.90. The van der Waals surface area contributed by atoms with E-state index in [-0.39, 0.29) is 17.4 Å². The lowest BCUT2D eigenvalue weighted by Crippen LogP contribution is -2.21. The number of anilines is 1. The van der Waals surface area contributed by atoms with Crippen LogP contribution in [0.2, 0.25) is 6.82 Å². The fourth-order valence-electron chi connectivity index (χ4n) is 1.74. The van der Waals surface area contributed by atoms with Crippen LogP contribution in [-0.4, -0.2) is 34.4 Å². The molecule has 0 atom stereocenters. The number of phenolic OH excluding ortho intramolecular Hbond substituents is 2. The van der Waals surface area contributed by atoms with Gasteiger partial charge in [0.1, 0.15) is 0 Å². The van der Waals surface area contributed by atoms with Crippen molar-refractivity contribution in [2.24, 2.45) is 5.73 Å². The Morgan fingerprint density at radius 1 is 1.25 bits per heavy atom. The van der Waals surface area contributed by atoms with Crippen molar-refractivity contribution in [3.63, 3.8) is 0 Å². The highest BCUT2D eigenvalue weighted by Crippen LogP contribution is 2.27. The second-order valence-corrected chi connectivity index (χ2v) is 5.61. The Balaban J connectivity index is 0.000000648. The molecule has 0 unspecified atom stereocenters. The van der Waals surface area contributed by atoms with Crippen LogP contribution in [0.4, 0.5) is 5.69 Å². The van der Waals surface area contributed by atoms with Crippen molar-refractivity contribution in [3.8, 4) is 11.5 Å². The molecule has 1 aromatic heterocycles. The summed E-state index contributed by atoms with van der Waals surface area (Å²) in [5, 5.41) is 21.3. The molecule has 2 aromatic rings. The van der Waals surface area contributed by atoms with Crippen molar-refractivity contribution in [3.05, 3.63) is 41.6 Å². The molecule has 1 aromatic carbocycles. The number of hydrogen-bond acceptors (Lipinski definition) is 5. The van der Waals surface area contributed by atoms with Crippen LogP contribution in [0.25, 0.3) is 0 Å². The maximum absolute atomic E-state index is 12.2. The number of carbonyl (C=O) groups excluding carboxylic acids is 1. The molecule has 1 amide bonds. The van der Waals surface area contributed by atoms with E-state index in [1.807, 2.05) is 28.0 Å². The summed E-state index contributed by atoms with van der Waals surface area (Å²) in [4.78, 5) is 16.4. The summed E-state index contributed by atoms with van der Waals surface area (Å²) in [6.07, 6.45) is 1.64. The molecular weight excluding hydrogens is 305 g/mol. The van der Waals surface area contributed by atoms with Gasteiger partial charge in [-0.1, -0.05) is 20.7 Å². The molecule has 127 valence electrons. The van der Waals surface area contributed by atoms with Crippen LogP contribution < -0.4 is 16.6 Å². The van der Waals surface area contributed by atoms with E-state index < -0.39 is 0 Å². The number of benzene rings is 1. The van der Waals surface area contributed by atoms with Gasteiger partial charge in [-0.05, 0) is 42.3 Å². The average molecular weight is 328 g/mol. The predicted molar refractivity (Wildman–Crippen MR) is 97.3 cm³/mol. The quantitative estimate of drug-likeness (QED) is 0.390. The lowest BCUT2D eigenvalue weighted by Gasteiger charge is -2.09. The Morgan fingerprint density at radius 2 is 1.88 bits per heavy atom. The number of aryl methyl sites for hydroxylation is 1. The van der Waals surface area contributed by atoms with Gasteiger partial charge in [0, 0.05) is 23.5 Å². The number of pyridine rings is 1. The van der Waals surface area contributed by atoms with Crippen LogP contribution in [0.1, 0.15) is 29.8 Å². The highest BCUT2D eigenvalue weighted by atomic mass is 16.3. The smallest absolute Gasteiger partial charge is 0.256 e. The number of nitrogens with zero attached hydrogens (tertiary/aromatic N) is 1. The molecule has 0 saturated carbocycles. The molecule has 6 nitrogen and oxygen atoms in total. The van der Waals surface area contributed by atoms with Crippen molar-refractivity contribution in [2.45, 2.75) is 33.6 Å². The highest BCUT2D eigenvalue weighted by Gasteiger charge is 2.11. The van der Waals surface area contributed by atoms with Gasteiger partial charge in [0.05, 0.1) is 0 Å². The summed E-state index contributed by atoms with van der Waals surface area (Å²) in [5.41, 5.74) is 7.51. The Kier molecular flexibility index (Phi) is 7.26. The van der Waals surface area contributed by atoms with Gasteiger partial charge in [-0.15, -0.1) is 0 Å². The molecule has 0 aliphatic rings. The van der Waals surface area contributed by atoms with Crippen LogP contribution in [-0.2, 0) is 0 Å². The minimum absolute atomic E-state index is 0.231. The summed E-state index contributed by atoms with van der Waals surface area (Å²) in [5.74, 6) is -0.805. The fourth-order valence-corrected chi connectivity index (χ4v) is 1.74. The van der Waals surface area contributed by atoms with Gasteiger partial charge in [0.2, 0.25) is 0 Å². The highest BCUT2D eigenvalue weighted by molar-refractivity contribution is 6.50. The first-order valence-corrected chi connectivity index (χ1v) is 7.59. The molecule has 0 saturated heterocycles. The van der Waals surface area contributed by atoms with Gasteiger partial charge in [-0.25, -0.2) is 0 Å². The zero-order chi connectivity index (χ0) is 18.3. The topological polar surface area (TPSA) is 108 Å². The zero-order valence-electron chi connectivity index (χ0n) is 14.4. The molecule has 5 N–H and O–H groups in total. The minimum atomic E-state index is -0.293. The fraction of sp³-hybridized carbons (Fsp3) is 0.294. The second-order valence-electron chi connectivity index (χ2n) is 5.61. The Morgan fingerprint density at radius 3 is 2.42 bits per heavy atom. The van der Waals surface area contributed by atoms with E-state index in [4.69, 9.17) is 5.73 Å². The summed E-state index contributed by atoms with van der Waals surface area (Å²) in [6.45, 7) is 7.53. The van der Waals surface area contributed by atoms with Gasteiger partial charge in [0.15, 0.2) is 18.8 Å². The van der Waals surface area contributed by atoms with Crippen molar-refractivity contribution in [2.75, 3.05) is 5.32 Å². The molecule has 0 bridgehead atoms. The maximum atomic E-state index is 12.2. The lowest BCUT2D eigenvalue weighted by atomic mass is 9.77. The van der Waals surface area contributed by atoms with Gasteiger partial charge in [-0.2, -0.15) is 0 Å². The largest absolute Gasteiger partial charge is 0.504 e. The first kappa shape index (κ1) is 19.5. The summed E-state index contributed by atoms with van der Waals surface area (Å²) in [7, 11) is 1.81. The van der Waals surface area contributed by atoms with Crippen LogP contribution in [0.3, 0.4) is 0 Å². The summed E-state index contributed by atoms with van der Waals surface area (Å²) >= 11 is 0. The van der Waals surface area contributed by atoms with E-state index in [0.29, 0.717) is 22.9 Å². The maximum Gasteiger partial charge on any atom is 0.256 e. The SMILES string of the molecule is CC(C)N.C[B]c1cc(C(=O)Nc2ccc(O)c(O)c2)c(C)cn1. The standard InChI is InChI=1S/C14H14BN2O3.C3H9N/c1-8-7-16-13(15-2)6-10(8)14(20)17-9-3-4-11(18)12(19)5-9;1-3(2)4/h3-7,18-19H,1-2H3,(H,17,20);3H,4H2,1-2H3. The summed E-state index contributed by atoms with van der Waals surface area (Å²) < 4.78 is 0. The third kappa shape index (κ3) is 5.93. The molecule has 1 radical (unpaired) electrons. The first-order chi connectivity index (χ1) is 11.2. The van der Waals surface area contributed by atoms with E-state index in [0.717, 1.165) is 5.56 Å². The van der Waals surface area contributed by atoms with E-state index in [9.17, 15) is 15.0 Å². The molecule has 0 aliphatic carbocycles. The molecule has 24 heavy (non-hydrogen) atoms. The lowest BCUT2D eigenvalue weighted by molar-refractivity contribution is 0.102. The van der Waals surface area contributed by atoms with Crippen molar-refractivity contribution < 1.29 is 15.0 Å². The number of rotatable bonds is 3. The van der Waals surface area contributed by atoms with Crippen molar-refractivity contribution >= 4 is 24.5 Å². The molecule has 0 spiro atoms. The monoisotopic (exact) mass is 328 g/mol. The Bertz CT molecular complexity index is 703. The van der Waals surface area contributed by atoms with Crippen LogP contribution in [0.5, 0.6) is 11.5 Å². The molecule has 0 fully saturated rings. The zero-order valence-corrected chi connectivity index (χ0v) is 14.4. The molecule has 7 heteroatoms. The van der Waals surface area contributed by atoms with Crippen molar-refractivity contribution in [1.82, 2.24) is 4.98 Å². The van der Waals surface area contributed by atoms with Crippen molar-refractivity contribution in [1.29, 1.82) is 0 Å². The number of aromatic nitrogens is 1. The number of aromatic hydroxyl groups is 2. The number of nitrogens with one attached hydrogen (secondary N) is 1. The molecule has 2 rings (SSSR count). The average Bonchev–Trinajstić information content (AvgIpc) is 2.51. The number of hydrogen-bond donors (Lipinski definition) is 4. The Labute approximate surface area is 143 Å². The Hall–Kier alpha value is -2.54. The van der Waals surface area contributed by atoms with Gasteiger partial charge in [-0.3, -0.25) is 9.78 Å². The predicted octanol–water partition coefficient (Wildman–Crippen LogP) is 1.78. The molecule has 0 aliphatic heterocycles. The van der Waals surface area contributed by atoms with E-state index >= 15 is 0 Å². The molecule has 1 heterocycles. The van der Waals surface area contributed by atoms with E-state index in [1.54, 1.807) is 19.2 Å². The third-order valence-corrected chi connectivity index (χ3v) is 2.90. The normalized spacial score (nSPS) is 9.92. The van der Waals surface area contributed by atoms with Gasteiger partial charge in [0.25, 0.3) is 5.91 Å². The van der Waals surface area contributed by atoms with E-state index in [2.05, 4.69) is 10.3 Å². The number of phenols is 2. The van der Waals surface area contributed by atoms with E-state index in [1.165, 1.54) is 18.2 Å². The number of nitrogens with two attached hydrogens (primary N) is 1. The summed E-state index contributed by atoms with van der Waals surface area (Å²) in [6, 6.07) is 6.15. The van der Waals surface area contributed by atoms with Crippen LogP contribution in [0, 0.1) is 6.92 Å². The second kappa shape index (κ2) is 8.93. The van der Waals surface area contributed by atoms with Gasteiger partial charge < -0.3 is 21.3 Å². The van der Waals surface area contributed by atoms with Crippen LogP contribution >= 0.6 is 0 Å². The number of carbonyl (C=O) groups is 1. The number of amides is 1. The molecular formula is C17H23BN3O3. The minimum Gasteiger partial charge on any atom is -0.504 e.